The van der Waals surface area contributed by atoms with Crippen LogP contribution < -0.4 is 0 Å². The zero-order valence-electron chi connectivity index (χ0n) is 9.40. The fraction of sp³-hybridized carbons (Fsp3) is 1.00. The molecule has 0 aliphatic carbocycles. The summed E-state index contributed by atoms with van der Waals surface area (Å²) in [5.74, 6) is 0. The van der Waals surface area contributed by atoms with Crippen molar-refractivity contribution in [1.82, 2.24) is 0 Å². The molecule has 0 atom stereocenters. The van der Waals surface area contributed by atoms with E-state index in [1.807, 2.05) is 0 Å². The first kappa shape index (κ1) is 12.4. The average molecular weight is 189 g/mol. The van der Waals surface area contributed by atoms with Gasteiger partial charge in [-0.15, -0.1) is 0 Å². The van der Waals surface area contributed by atoms with Crippen LogP contribution in [0, 0.1) is 0 Å². The molecule has 1 heteroatoms. The van der Waals surface area contributed by atoms with Crippen molar-refractivity contribution in [3.63, 3.8) is 0 Å². The van der Waals surface area contributed by atoms with Gasteiger partial charge in [0.2, 0.25) is 0 Å². The highest BCUT2D eigenvalue weighted by atomic mass is 31.2. The molecule has 0 amide bonds. The third-order valence-electron chi connectivity index (χ3n) is 2.87. The minimum absolute atomic E-state index is 0.483. The van der Waals surface area contributed by atoms with Gasteiger partial charge in [0.15, 0.2) is 0 Å². The molecule has 0 aromatic carbocycles. The van der Waals surface area contributed by atoms with Gasteiger partial charge in [-0.2, -0.15) is 0 Å². The van der Waals surface area contributed by atoms with Gasteiger partial charge in [0.1, 0.15) is 0 Å². The number of hydrogen-bond donors (Lipinski definition) is 0. The van der Waals surface area contributed by atoms with Crippen molar-refractivity contribution >= 4 is 7.26 Å². The van der Waals surface area contributed by atoms with E-state index < -0.39 is 7.26 Å². The molecule has 74 valence electrons. The molecule has 0 aromatic heterocycles. The van der Waals surface area contributed by atoms with Crippen molar-refractivity contribution in [3.8, 4) is 0 Å². The van der Waals surface area contributed by atoms with E-state index in [2.05, 4.69) is 27.4 Å². The maximum Gasteiger partial charge on any atom is 0.0591 e. The Morgan fingerprint density at radius 3 is 1.50 bits per heavy atom. The predicted molar refractivity (Wildman–Crippen MR) is 62.9 cm³/mol. The molecule has 12 heavy (non-hydrogen) atoms. The lowest BCUT2D eigenvalue weighted by Crippen LogP contribution is -2.04. The molecule has 0 saturated carbocycles. The number of hydrogen-bond acceptors (Lipinski definition) is 0. The molecular formula is C11H26P+. The zero-order chi connectivity index (χ0) is 9.45. The quantitative estimate of drug-likeness (QED) is 0.525. The molecule has 0 radical (unpaired) electrons. The van der Waals surface area contributed by atoms with E-state index in [0.29, 0.717) is 0 Å². The molecule has 0 aromatic rings. The summed E-state index contributed by atoms with van der Waals surface area (Å²) >= 11 is 0. The van der Waals surface area contributed by atoms with E-state index in [4.69, 9.17) is 0 Å². The Hall–Kier alpha value is 0.430. The van der Waals surface area contributed by atoms with Crippen molar-refractivity contribution in [1.29, 1.82) is 0 Å². The fourth-order valence-corrected chi connectivity index (χ4v) is 4.52. The summed E-state index contributed by atoms with van der Waals surface area (Å²) in [4.78, 5) is 0. The molecule has 0 aliphatic heterocycles. The van der Waals surface area contributed by atoms with Crippen LogP contribution in [0.4, 0.5) is 0 Å². The van der Waals surface area contributed by atoms with Crippen LogP contribution >= 0.6 is 7.26 Å². The van der Waals surface area contributed by atoms with Crippen LogP contribution in [-0.2, 0) is 0 Å². The second-order valence-electron chi connectivity index (χ2n) is 4.09. The Kier molecular flexibility index (Phi) is 7.14. The van der Waals surface area contributed by atoms with Crippen LogP contribution in [0.3, 0.4) is 0 Å². The lowest BCUT2D eigenvalue weighted by atomic mass is 10.4. The highest BCUT2D eigenvalue weighted by molar-refractivity contribution is 7.75. The lowest BCUT2D eigenvalue weighted by molar-refractivity contribution is 0.860. The van der Waals surface area contributed by atoms with Gasteiger partial charge in [0.25, 0.3) is 0 Å². The van der Waals surface area contributed by atoms with Gasteiger partial charge in [-0.3, -0.25) is 0 Å². The molecule has 0 unspecified atom stereocenters. The average Bonchev–Trinajstić information content (AvgIpc) is 2.11. The molecule has 0 spiro atoms. The maximum absolute atomic E-state index is 2.57. The SMILES string of the molecule is CCCC[P+](C)(CC)CCCC. The summed E-state index contributed by atoms with van der Waals surface area (Å²) < 4.78 is 0. The summed E-state index contributed by atoms with van der Waals surface area (Å²) in [6.07, 6.45) is 10.2. The predicted octanol–water partition coefficient (Wildman–Crippen LogP) is 4.25. The number of rotatable bonds is 7. The van der Waals surface area contributed by atoms with Gasteiger partial charge in [-0.25, -0.2) is 0 Å². The minimum atomic E-state index is -0.483. The van der Waals surface area contributed by atoms with Crippen molar-refractivity contribution in [2.75, 3.05) is 25.2 Å². The summed E-state index contributed by atoms with van der Waals surface area (Å²) in [5.41, 5.74) is 0. The molecule has 0 rings (SSSR count). The topological polar surface area (TPSA) is 0 Å². The Balaban J connectivity index is 3.70. The van der Waals surface area contributed by atoms with E-state index >= 15 is 0 Å². The Labute approximate surface area is 79.5 Å². The number of unbranched alkanes of at least 4 members (excludes halogenated alkanes) is 2. The normalized spacial score (nSPS) is 12.0. The fourth-order valence-electron chi connectivity index (χ4n) is 1.51. The van der Waals surface area contributed by atoms with E-state index in [0.717, 1.165) is 0 Å². The highest BCUT2D eigenvalue weighted by Gasteiger charge is 2.26. The first-order valence-corrected chi connectivity index (χ1v) is 8.31. The smallest absolute Gasteiger partial charge is 0.0591 e. The van der Waals surface area contributed by atoms with E-state index in [1.54, 1.807) is 12.3 Å². The van der Waals surface area contributed by atoms with Crippen molar-refractivity contribution in [3.05, 3.63) is 0 Å². The highest BCUT2D eigenvalue weighted by Crippen LogP contribution is 2.55. The van der Waals surface area contributed by atoms with E-state index in [-0.39, 0.29) is 0 Å². The lowest BCUT2D eigenvalue weighted by Gasteiger charge is -2.21. The first-order chi connectivity index (χ1) is 5.68. The second kappa shape index (κ2) is 6.89. The molecule has 0 nitrogen and oxygen atoms in total. The first-order valence-electron chi connectivity index (χ1n) is 5.52. The minimum Gasteiger partial charge on any atom is -0.0652 e. The van der Waals surface area contributed by atoms with Crippen LogP contribution in [0.5, 0.6) is 0 Å². The summed E-state index contributed by atoms with van der Waals surface area (Å²) in [5, 5.41) is 0. The van der Waals surface area contributed by atoms with Gasteiger partial charge >= 0.3 is 0 Å². The molecular weight excluding hydrogens is 163 g/mol. The van der Waals surface area contributed by atoms with Crippen LogP contribution in [0.15, 0.2) is 0 Å². The van der Waals surface area contributed by atoms with Crippen molar-refractivity contribution < 1.29 is 0 Å². The van der Waals surface area contributed by atoms with Crippen LogP contribution in [-0.4, -0.2) is 25.2 Å². The van der Waals surface area contributed by atoms with Gasteiger partial charge in [0.05, 0.1) is 18.5 Å². The van der Waals surface area contributed by atoms with E-state index in [9.17, 15) is 0 Å². The third kappa shape index (κ3) is 5.14. The van der Waals surface area contributed by atoms with Crippen LogP contribution in [0.25, 0.3) is 0 Å². The largest absolute Gasteiger partial charge is 0.0652 e. The van der Waals surface area contributed by atoms with Crippen molar-refractivity contribution in [2.45, 2.75) is 46.5 Å². The molecule has 0 saturated heterocycles. The summed E-state index contributed by atoms with van der Waals surface area (Å²) in [7, 11) is -0.483. The van der Waals surface area contributed by atoms with Gasteiger partial charge in [-0.1, -0.05) is 26.7 Å². The Morgan fingerprint density at radius 2 is 1.25 bits per heavy atom. The Morgan fingerprint density at radius 1 is 0.833 bits per heavy atom. The molecule has 0 heterocycles. The summed E-state index contributed by atoms with van der Waals surface area (Å²) in [6.45, 7) is 9.57. The third-order valence-corrected chi connectivity index (χ3v) is 7.19. The monoisotopic (exact) mass is 189 g/mol. The van der Waals surface area contributed by atoms with Crippen molar-refractivity contribution in [2.24, 2.45) is 0 Å². The Bertz CT molecular complexity index is 91.2. The molecule has 0 bridgehead atoms. The van der Waals surface area contributed by atoms with Gasteiger partial charge < -0.3 is 0 Å². The van der Waals surface area contributed by atoms with Gasteiger partial charge in [0, 0.05) is 13.9 Å². The molecule has 0 aliphatic rings. The van der Waals surface area contributed by atoms with Crippen LogP contribution in [0.1, 0.15) is 46.5 Å². The molecule has 0 fully saturated rings. The molecule has 0 N–H and O–H groups in total. The second-order valence-corrected chi connectivity index (χ2v) is 8.86. The van der Waals surface area contributed by atoms with Gasteiger partial charge in [-0.05, 0) is 19.8 Å². The van der Waals surface area contributed by atoms with E-state index in [1.165, 1.54) is 31.8 Å². The summed E-state index contributed by atoms with van der Waals surface area (Å²) in [6, 6.07) is 0. The standard InChI is InChI=1S/C11H26P/c1-5-8-10-12(4,7-3)11-9-6-2/h5-11H2,1-4H3/q+1. The maximum atomic E-state index is 2.57. The zero-order valence-corrected chi connectivity index (χ0v) is 10.3. The van der Waals surface area contributed by atoms with Crippen LogP contribution in [0.2, 0.25) is 0 Å².